The largest absolute Gasteiger partial charge is 0.462 e. The maximum Gasteiger partial charge on any atom is 0.200 e. The number of hydrogen-bond donors (Lipinski definition) is 0. The Kier molecular flexibility index (Phi) is 4.17. The van der Waals surface area contributed by atoms with Gasteiger partial charge in [0, 0.05) is 35.3 Å². The Balaban J connectivity index is 1.75. The summed E-state index contributed by atoms with van der Waals surface area (Å²) in [4.78, 5) is 2.29. The van der Waals surface area contributed by atoms with Crippen LogP contribution in [0.15, 0.2) is 48.5 Å². The highest BCUT2D eigenvalue weighted by atomic mass is 35.5. The van der Waals surface area contributed by atoms with E-state index in [0.717, 1.165) is 35.6 Å². The lowest BCUT2D eigenvalue weighted by Crippen LogP contribution is -2.25. The van der Waals surface area contributed by atoms with Crippen LogP contribution in [0.2, 0.25) is 5.02 Å². The highest BCUT2D eigenvalue weighted by Crippen LogP contribution is 2.31. The van der Waals surface area contributed by atoms with Crippen LogP contribution in [0.3, 0.4) is 0 Å². The van der Waals surface area contributed by atoms with Crippen LogP contribution in [-0.2, 0) is 0 Å². The summed E-state index contributed by atoms with van der Waals surface area (Å²) in [5.41, 5.74) is 1.85. The molecule has 0 N–H and O–H groups in total. The molecule has 2 aromatic carbocycles. The Morgan fingerprint density at radius 1 is 1.00 bits per heavy atom. The summed E-state index contributed by atoms with van der Waals surface area (Å²) in [5.74, 6) is 0.489. The average molecular weight is 345 g/mol. The van der Waals surface area contributed by atoms with Crippen molar-refractivity contribution in [3.05, 3.63) is 59.4 Å². The molecule has 0 radical (unpaired) electrons. The van der Waals surface area contributed by atoms with Gasteiger partial charge in [-0.25, -0.2) is 4.39 Å². The molecule has 24 heavy (non-hydrogen) atoms. The molecular formula is C19H18ClFN2O. The van der Waals surface area contributed by atoms with Crippen LogP contribution in [0, 0.1) is 5.82 Å². The Morgan fingerprint density at radius 2 is 1.75 bits per heavy atom. The highest BCUT2D eigenvalue weighted by molar-refractivity contribution is 6.31. The molecule has 0 aliphatic carbocycles. The van der Waals surface area contributed by atoms with Gasteiger partial charge in [0.1, 0.15) is 12.5 Å². The SMILES string of the molecule is Fc1ccc(-n2c(OCN3CCCC3)cc3cc(Cl)ccc32)cc1. The molecule has 0 spiro atoms. The van der Waals surface area contributed by atoms with Crippen molar-refractivity contribution in [2.45, 2.75) is 12.8 Å². The number of rotatable bonds is 4. The van der Waals surface area contributed by atoms with Gasteiger partial charge >= 0.3 is 0 Å². The molecule has 5 heteroatoms. The number of ether oxygens (including phenoxy) is 1. The van der Waals surface area contributed by atoms with Crippen LogP contribution in [-0.4, -0.2) is 29.3 Å². The van der Waals surface area contributed by atoms with Gasteiger partial charge in [-0.3, -0.25) is 9.47 Å². The van der Waals surface area contributed by atoms with Crippen molar-refractivity contribution >= 4 is 22.5 Å². The zero-order chi connectivity index (χ0) is 16.5. The molecule has 4 rings (SSSR count). The van der Waals surface area contributed by atoms with Crippen molar-refractivity contribution < 1.29 is 9.13 Å². The van der Waals surface area contributed by atoms with Crippen LogP contribution < -0.4 is 4.74 Å². The van der Waals surface area contributed by atoms with Gasteiger partial charge < -0.3 is 4.74 Å². The number of halogens is 2. The second-order valence-electron chi connectivity index (χ2n) is 6.10. The lowest BCUT2D eigenvalue weighted by Gasteiger charge is -2.17. The number of hydrogen-bond acceptors (Lipinski definition) is 2. The molecule has 1 aliphatic heterocycles. The predicted octanol–water partition coefficient (Wildman–Crippen LogP) is 4.86. The minimum Gasteiger partial charge on any atom is -0.462 e. The van der Waals surface area contributed by atoms with Gasteiger partial charge in [-0.15, -0.1) is 0 Å². The Morgan fingerprint density at radius 3 is 2.50 bits per heavy atom. The molecular weight excluding hydrogens is 327 g/mol. The van der Waals surface area contributed by atoms with E-state index < -0.39 is 0 Å². The van der Waals surface area contributed by atoms with E-state index in [-0.39, 0.29) is 5.82 Å². The van der Waals surface area contributed by atoms with E-state index in [1.807, 2.05) is 28.8 Å². The van der Waals surface area contributed by atoms with E-state index in [9.17, 15) is 4.39 Å². The highest BCUT2D eigenvalue weighted by Gasteiger charge is 2.16. The quantitative estimate of drug-likeness (QED) is 0.672. The van der Waals surface area contributed by atoms with Crippen molar-refractivity contribution in [2.75, 3.05) is 19.8 Å². The van der Waals surface area contributed by atoms with E-state index in [4.69, 9.17) is 16.3 Å². The molecule has 0 bridgehead atoms. The van der Waals surface area contributed by atoms with E-state index in [1.165, 1.54) is 25.0 Å². The Hall–Kier alpha value is -2.04. The lowest BCUT2D eigenvalue weighted by atomic mass is 10.2. The Bertz CT molecular complexity index is 854. The van der Waals surface area contributed by atoms with Crippen LogP contribution in [0.4, 0.5) is 4.39 Å². The van der Waals surface area contributed by atoms with Gasteiger partial charge in [-0.2, -0.15) is 0 Å². The molecule has 1 aromatic heterocycles. The van der Waals surface area contributed by atoms with Crippen molar-refractivity contribution in [3.63, 3.8) is 0 Å². The molecule has 1 fully saturated rings. The first-order chi connectivity index (χ1) is 11.7. The molecule has 3 aromatic rings. The number of benzene rings is 2. The predicted molar refractivity (Wildman–Crippen MR) is 94.5 cm³/mol. The smallest absolute Gasteiger partial charge is 0.200 e. The summed E-state index contributed by atoms with van der Waals surface area (Å²) < 4.78 is 21.4. The van der Waals surface area contributed by atoms with Crippen molar-refractivity contribution in [2.24, 2.45) is 0 Å². The van der Waals surface area contributed by atoms with Crippen molar-refractivity contribution in [3.8, 4) is 11.6 Å². The van der Waals surface area contributed by atoms with Gasteiger partial charge in [0.2, 0.25) is 5.88 Å². The van der Waals surface area contributed by atoms with Crippen LogP contribution >= 0.6 is 11.6 Å². The maximum absolute atomic E-state index is 13.3. The van der Waals surface area contributed by atoms with Gasteiger partial charge in [0.05, 0.1) is 5.52 Å². The average Bonchev–Trinajstić information content (AvgIpc) is 3.20. The molecule has 1 aliphatic rings. The maximum atomic E-state index is 13.3. The minimum absolute atomic E-state index is 0.252. The van der Waals surface area contributed by atoms with E-state index in [0.29, 0.717) is 11.8 Å². The number of aromatic nitrogens is 1. The molecule has 0 unspecified atom stereocenters. The third-order valence-electron chi connectivity index (χ3n) is 4.41. The first-order valence-corrected chi connectivity index (χ1v) is 8.50. The molecule has 3 nitrogen and oxygen atoms in total. The topological polar surface area (TPSA) is 17.4 Å². The Labute approximate surface area is 145 Å². The number of fused-ring (bicyclic) bond motifs is 1. The second-order valence-corrected chi connectivity index (χ2v) is 6.53. The van der Waals surface area contributed by atoms with Gasteiger partial charge in [0.25, 0.3) is 0 Å². The zero-order valence-electron chi connectivity index (χ0n) is 13.2. The van der Waals surface area contributed by atoms with Crippen LogP contribution in [0.1, 0.15) is 12.8 Å². The zero-order valence-corrected chi connectivity index (χ0v) is 14.0. The van der Waals surface area contributed by atoms with E-state index >= 15 is 0 Å². The van der Waals surface area contributed by atoms with E-state index in [2.05, 4.69) is 4.90 Å². The van der Waals surface area contributed by atoms with E-state index in [1.54, 1.807) is 12.1 Å². The summed E-state index contributed by atoms with van der Waals surface area (Å²) >= 11 is 6.12. The fraction of sp³-hybridized carbons (Fsp3) is 0.263. The number of nitrogens with zero attached hydrogens (tertiary/aromatic N) is 2. The molecule has 2 heterocycles. The molecule has 0 atom stereocenters. The molecule has 0 saturated carbocycles. The van der Waals surface area contributed by atoms with Crippen LogP contribution in [0.5, 0.6) is 5.88 Å². The summed E-state index contributed by atoms with van der Waals surface area (Å²) in [6, 6.07) is 14.2. The van der Waals surface area contributed by atoms with Crippen molar-refractivity contribution in [1.82, 2.24) is 9.47 Å². The monoisotopic (exact) mass is 344 g/mol. The second kappa shape index (κ2) is 6.46. The third kappa shape index (κ3) is 2.99. The number of likely N-dealkylation sites (tertiary alicyclic amines) is 1. The fourth-order valence-corrected chi connectivity index (χ4v) is 3.37. The minimum atomic E-state index is -0.252. The van der Waals surface area contributed by atoms with Gasteiger partial charge in [-0.05, 0) is 55.3 Å². The van der Waals surface area contributed by atoms with Crippen LogP contribution in [0.25, 0.3) is 16.6 Å². The van der Waals surface area contributed by atoms with Crippen molar-refractivity contribution in [1.29, 1.82) is 0 Å². The summed E-state index contributed by atoms with van der Waals surface area (Å²) in [5, 5.41) is 1.69. The third-order valence-corrected chi connectivity index (χ3v) is 4.64. The fourth-order valence-electron chi connectivity index (χ4n) is 3.19. The summed E-state index contributed by atoms with van der Waals surface area (Å²) in [7, 11) is 0. The first-order valence-electron chi connectivity index (χ1n) is 8.13. The molecule has 0 amide bonds. The van der Waals surface area contributed by atoms with Gasteiger partial charge in [0.15, 0.2) is 0 Å². The lowest BCUT2D eigenvalue weighted by molar-refractivity contribution is 0.145. The standard InChI is InChI=1S/C19H18ClFN2O/c20-15-3-8-18-14(11-15)12-19(24-13-22-9-1-2-10-22)23(18)17-6-4-16(21)5-7-17/h3-8,11-12H,1-2,9-10,13H2. The summed E-state index contributed by atoms with van der Waals surface area (Å²) in [6.45, 7) is 2.70. The normalized spacial score (nSPS) is 15.2. The first kappa shape index (κ1) is 15.5. The molecule has 124 valence electrons. The molecule has 1 saturated heterocycles. The summed E-state index contributed by atoms with van der Waals surface area (Å²) in [6.07, 6.45) is 2.44. The van der Waals surface area contributed by atoms with Gasteiger partial charge in [-0.1, -0.05) is 11.6 Å².